The topological polar surface area (TPSA) is 29.5 Å². The Bertz CT molecular complexity index is 563. The van der Waals surface area contributed by atoms with E-state index >= 15 is 0 Å². The van der Waals surface area contributed by atoms with Gasteiger partial charge in [-0.2, -0.15) is 0 Å². The highest BCUT2D eigenvalue weighted by molar-refractivity contribution is 6.77. The molecule has 2 nitrogen and oxygen atoms in total. The van der Waals surface area contributed by atoms with Gasteiger partial charge in [0.15, 0.2) is 0 Å². The molecule has 0 spiro atoms. The van der Waals surface area contributed by atoms with Crippen LogP contribution in [0.15, 0.2) is 60.7 Å². The number of benzene rings is 2. The Balaban J connectivity index is 2.47. The molecule has 0 aliphatic rings. The van der Waals surface area contributed by atoms with Crippen LogP contribution in [0.5, 0.6) is 0 Å². The van der Waals surface area contributed by atoms with Crippen molar-refractivity contribution in [1.29, 1.82) is 0 Å². The largest absolute Gasteiger partial charge is 0.396 e. The van der Waals surface area contributed by atoms with Crippen molar-refractivity contribution in [1.82, 2.24) is 0 Å². The van der Waals surface area contributed by atoms with Gasteiger partial charge in [0.2, 0.25) is 0 Å². The molecule has 0 aliphatic heterocycles. The van der Waals surface area contributed by atoms with Gasteiger partial charge >= 0.3 is 0 Å². The molecule has 22 heavy (non-hydrogen) atoms. The van der Waals surface area contributed by atoms with Gasteiger partial charge in [-0.1, -0.05) is 80.3 Å². The van der Waals surface area contributed by atoms with Crippen molar-refractivity contribution >= 4 is 8.07 Å². The number of ether oxygens (including phenoxy) is 1. The molecule has 0 aliphatic carbocycles. The first kappa shape index (κ1) is 16.9. The molecule has 2 aromatic carbocycles. The van der Waals surface area contributed by atoms with Crippen LogP contribution in [0.3, 0.4) is 0 Å². The Labute approximate surface area is 134 Å². The van der Waals surface area contributed by atoms with Gasteiger partial charge in [-0.25, -0.2) is 0 Å². The molecule has 0 saturated heterocycles. The van der Waals surface area contributed by atoms with Gasteiger partial charge in [-0.15, -0.1) is 0 Å². The highest BCUT2D eigenvalue weighted by Crippen LogP contribution is 2.39. The maximum Gasteiger partial charge on any atom is 0.0911 e. The maximum atomic E-state index is 11.0. The number of aliphatic hydroxyl groups excluding tert-OH is 1. The molecule has 0 amide bonds. The number of hydrogen-bond acceptors (Lipinski definition) is 2. The Hall–Kier alpha value is -1.42. The zero-order chi connectivity index (χ0) is 16.2. The molecule has 1 N–H and O–H groups in total. The van der Waals surface area contributed by atoms with Crippen molar-refractivity contribution in [2.75, 3.05) is 7.11 Å². The molecule has 0 heterocycles. The molecular formula is C19H26O2Si. The standard InChI is InChI=1S/C19H26O2Si/c1-21-18(16-13-9-6-10-14-16)17(19(20)22(2,3)4)15-11-7-5-8-12-15/h5-14,17-20H,1-4H3/t17-,18-,19-/m0/s1. The van der Waals surface area contributed by atoms with Crippen molar-refractivity contribution in [3.05, 3.63) is 71.8 Å². The Morgan fingerprint density at radius 1 is 0.818 bits per heavy atom. The van der Waals surface area contributed by atoms with E-state index in [2.05, 4.69) is 43.9 Å². The summed E-state index contributed by atoms with van der Waals surface area (Å²) in [5.74, 6) is -0.0553. The number of aliphatic hydroxyl groups is 1. The molecule has 0 saturated carbocycles. The molecule has 0 bridgehead atoms. The highest BCUT2D eigenvalue weighted by atomic mass is 28.3. The minimum Gasteiger partial charge on any atom is -0.396 e. The molecule has 0 unspecified atom stereocenters. The van der Waals surface area contributed by atoms with E-state index in [1.54, 1.807) is 7.11 Å². The van der Waals surface area contributed by atoms with Gasteiger partial charge in [0.05, 0.1) is 19.9 Å². The lowest BCUT2D eigenvalue weighted by Crippen LogP contribution is -2.44. The fourth-order valence-corrected chi connectivity index (χ4v) is 4.31. The molecule has 0 radical (unpaired) electrons. The van der Waals surface area contributed by atoms with Crippen LogP contribution in [-0.4, -0.2) is 26.0 Å². The predicted molar refractivity (Wildman–Crippen MR) is 94.7 cm³/mol. The third-order valence-electron chi connectivity index (χ3n) is 4.12. The van der Waals surface area contributed by atoms with E-state index in [9.17, 15) is 5.11 Å². The Morgan fingerprint density at radius 3 is 1.68 bits per heavy atom. The average molecular weight is 315 g/mol. The SMILES string of the molecule is CO[C@@H](c1ccccc1)[C@H](c1ccccc1)[C@@H](O)[Si](C)(C)C. The summed E-state index contributed by atoms with van der Waals surface area (Å²) in [6.07, 6.45) is -0.148. The second kappa shape index (κ2) is 7.23. The van der Waals surface area contributed by atoms with Crippen LogP contribution in [0.1, 0.15) is 23.1 Å². The van der Waals surface area contributed by atoms with E-state index in [1.807, 2.05) is 36.4 Å². The van der Waals surface area contributed by atoms with Crippen LogP contribution < -0.4 is 0 Å². The second-order valence-corrected chi connectivity index (χ2v) is 12.1. The highest BCUT2D eigenvalue weighted by Gasteiger charge is 2.38. The summed E-state index contributed by atoms with van der Waals surface area (Å²) < 4.78 is 5.83. The van der Waals surface area contributed by atoms with Crippen LogP contribution in [0.2, 0.25) is 19.6 Å². The van der Waals surface area contributed by atoms with E-state index in [0.717, 1.165) is 11.1 Å². The molecule has 3 atom stereocenters. The predicted octanol–water partition coefficient (Wildman–Crippen LogP) is 4.40. The van der Waals surface area contributed by atoms with Gasteiger partial charge in [0.1, 0.15) is 0 Å². The summed E-state index contributed by atoms with van der Waals surface area (Å²) in [7, 11) is -0.0161. The minimum atomic E-state index is -1.74. The van der Waals surface area contributed by atoms with Gasteiger partial charge in [0.25, 0.3) is 0 Å². The van der Waals surface area contributed by atoms with Crippen LogP contribution in [0.25, 0.3) is 0 Å². The summed E-state index contributed by atoms with van der Waals surface area (Å²) in [5, 5.41) is 11.0. The smallest absolute Gasteiger partial charge is 0.0911 e. The molecule has 118 valence electrons. The Kier molecular flexibility index (Phi) is 5.56. The van der Waals surface area contributed by atoms with Crippen LogP contribution in [-0.2, 0) is 4.74 Å². The van der Waals surface area contributed by atoms with Crippen LogP contribution >= 0.6 is 0 Å². The first-order chi connectivity index (χ1) is 10.4. The van der Waals surface area contributed by atoms with Crippen molar-refractivity contribution in [3.63, 3.8) is 0 Å². The lowest BCUT2D eigenvalue weighted by atomic mass is 9.89. The van der Waals surface area contributed by atoms with Crippen LogP contribution in [0.4, 0.5) is 0 Å². The monoisotopic (exact) mass is 314 g/mol. The number of hydrogen-bond donors (Lipinski definition) is 1. The van der Waals surface area contributed by atoms with Crippen molar-refractivity contribution in [3.8, 4) is 0 Å². The zero-order valence-electron chi connectivity index (χ0n) is 13.9. The molecule has 0 fully saturated rings. The summed E-state index contributed by atoms with van der Waals surface area (Å²) in [6, 6.07) is 20.4. The van der Waals surface area contributed by atoms with Crippen LogP contribution in [0, 0.1) is 0 Å². The molecule has 3 heteroatoms. The van der Waals surface area contributed by atoms with Gasteiger partial charge in [0, 0.05) is 13.0 Å². The van der Waals surface area contributed by atoms with E-state index in [0.29, 0.717) is 0 Å². The second-order valence-electron chi connectivity index (χ2n) is 6.81. The van der Waals surface area contributed by atoms with E-state index < -0.39 is 8.07 Å². The molecule has 0 aromatic heterocycles. The normalized spacial score (nSPS) is 16.0. The van der Waals surface area contributed by atoms with E-state index in [1.165, 1.54) is 0 Å². The number of methoxy groups -OCH3 is 1. The van der Waals surface area contributed by atoms with Crippen molar-refractivity contribution in [2.45, 2.75) is 37.4 Å². The van der Waals surface area contributed by atoms with E-state index in [4.69, 9.17) is 4.74 Å². The molecule has 2 aromatic rings. The summed E-state index contributed by atoms with van der Waals surface area (Å²) in [5.41, 5.74) is 1.87. The molecule has 2 rings (SSSR count). The third kappa shape index (κ3) is 3.86. The summed E-state index contributed by atoms with van der Waals surface area (Å²) in [4.78, 5) is 0. The quantitative estimate of drug-likeness (QED) is 0.801. The first-order valence-electron chi connectivity index (χ1n) is 7.76. The fourth-order valence-electron chi connectivity index (χ4n) is 2.87. The zero-order valence-corrected chi connectivity index (χ0v) is 14.9. The summed E-state index contributed by atoms with van der Waals surface area (Å²) in [6.45, 7) is 6.60. The van der Waals surface area contributed by atoms with Gasteiger partial charge < -0.3 is 9.84 Å². The maximum absolute atomic E-state index is 11.0. The van der Waals surface area contributed by atoms with Crippen molar-refractivity contribution in [2.24, 2.45) is 0 Å². The number of rotatable bonds is 6. The average Bonchev–Trinajstić information content (AvgIpc) is 2.52. The lowest BCUT2D eigenvalue weighted by Gasteiger charge is -2.36. The van der Waals surface area contributed by atoms with E-state index in [-0.39, 0.29) is 17.7 Å². The molecular weight excluding hydrogens is 288 g/mol. The minimum absolute atomic E-state index is 0.0553. The van der Waals surface area contributed by atoms with Gasteiger partial charge in [-0.05, 0) is 11.1 Å². The third-order valence-corrected chi connectivity index (χ3v) is 6.25. The van der Waals surface area contributed by atoms with Gasteiger partial charge in [-0.3, -0.25) is 0 Å². The summed E-state index contributed by atoms with van der Waals surface area (Å²) >= 11 is 0. The fraction of sp³-hybridized carbons (Fsp3) is 0.368. The Morgan fingerprint density at radius 2 is 1.27 bits per heavy atom. The lowest BCUT2D eigenvalue weighted by molar-refractivity contribution is 0.0425. The van der Waals surface area contributed by atoms with Crippen molar-refractivity contribution < 1.29 is 9.84 Å². The first-order valence-corrected chi connectivity index (χ1v) is 11.3.